The van der Waals surface area contributed by atoms with E-state index in [1.54, 1.807) is 12.1 Å². The van der Waals surface area contributed by atoms with Crippen LogP contribution in [-0.4, -0.2) is 48.8 Å². The van der Waals surface area contributed by atoms with E-state index in [2.05, 4.69) is 16.7 Å². The van der Waals surface area contributed by atoms with Gasteiger partial charge >= 0.3 is 0 Å². The van der Waals surface area contributed by atoms with E-state index in [1.807, 2.05) is 24.3 Å². The van der Waals surface area contributed by atoms with Crippen molar-refractivity contribution >= 4 is 40.9 Å². The van der Waals surface area contributed by atoms with E-state index in [-0.39, 0.29) is 43.1 Å². The number of amides is 3. The van der Waals surface area contributed by atoms with Crippen LogP contribution >= 0.6 is 12.4 Å². The summed E-state index contributed by atoms with van der Waals surface area (Å²) in [6.45, 7) is 2.59. The molecule has 0 aliphatic carbocycles. The van der Waals surface area contributed by atoms with E-state index in [9.17, 15) is 14.4 Å². The Morgan fingerprint density at radius 2 is 1.76 bits per heavy atom. The van der Waals surface area contributed by atoms with Crippen LogP contribution in [0.2, 0.25) is 0 Å². The molecule has 2 aromatic rings. The second kappa shape index (κ2) is 9.20. The summed E-state index contributed by atoms with van der Waals surface area (Å²) in [5, 5.41) is 7.78. The Balaban J connectivity index is 0.00000240. The van der Waals surface area contributed by atoms with Crippen molar-refractivity contribution in [1.29, 1.82) is 0 Å². The van der Waals surface area contributed by atoms with Gasteiger partial charge in [0.1, 0.15) is 0 Å². The number of carbonyl (C=O) groups is 3. The van der Waals surface area contributed by atoms with E-state index < -0.39 is 0 Å². The molecule has 0 saturated carbocycles. The fourth-order valence-corrected chi connectivity index (χ4v) is 3.81. The molecule has 0 unspecified atom stereocenters. The number of hydrogen-bond acceptors (Lipinski definition) is 4. The van der Waals surface area contributed by atoms with Crippen LogP contribution in [0.1, 0.15) is 40.0 Å². The maximum atomic E-state index is 12.8. The number of rotatable bonds is 6. The second-order valence-electron chi connectivity index (χ2n) is 7.17. The first-order valence-electron chi connectivity index (χ1n) is 9.68. The molecular weight excluding hydrogens is 390 g/mol. The largest absolute Gasteiger partial charge is 0.352 e. The first kappa shape index (κ1) is 21.0. The summed E-state index contributed by atoms with van der Waals surface area (Å²) >= 11 is 0. The predicted octanol–water partition coefficient (Wildman–Crippen LogP) is 2.67. The highest BCUT2D eigenvalue weighted by Gasteiger charge is 2.32. The standard InChI is InChI=1S/C22H23N3O3.ClH/c26-19(24-14-15-9-11-23-12-10-15)8-3-13-25-21(27)17-6-1-4-16-5-2-7-18(20(16)17)22(25)28;/h1-2,4-7,9,23H,3,8,10-14H2,(H,24,26);1H. The van der Waals surface area contributed by atoms with Gasteiger partial charge in [-0.15, -0.1) is 12.4 Å². The summed E-state index contributed by atoms with van der Waals surface area (Å²) in [6, 6.07) is 11.0. The molecule has 29 heavy (non-hydrogen) atoms. The van der Waals surface area contributed by atoms with Gasteiger partial charge < -0.3 is 10.6 Å². The molecule has 0 saturated heterocycles. The van der Waals surface area contributed by atoms with Crippen LogP contribution in [0.5, 0.6) is 0 Å². The number of hydrogen-bond donors (Lipinski definition) is 2. The van der Waals surface area contributed by atoms with Gasteiger partial charge in [-0.3, -0.25) is 19.3 Å². The lowest BCUT2D eigenvalue weighted by Gasteiger charge is -2.27. The van der Waals surface area contributed by atoms with Crippen LogP contribution in [0.15, 0.2) is 48.0 Å². The average Bonchev–Trinajstić information content (AvgIpc) is 2.73. The summed E-state index contributed by atoms with van der Waals surface area (Å²) in [5.74, 6) is -0.622. The van der Waals surface area contributed by atoms with Crippen molar-refractivity contribution in [3.05, 3.63) is 59.2 Å². The Morgan fingerprint density at radius 3 is 2.38 bits per heavy atom. The molecule has 7 heteroatoms. The maximum Gasteiger partial charge on any atom is 0.261 e. The highest BCUT2D eigenvalue weighted by molar-refractivity contribution is 6.25. The molecule has 6 nitrogen and oxygen atoms in total. The fraction of sp³-hybridized carbons (Fsp3) is 0.318. The zero-order valence-electron chi connectivity index (χ0n) is 16.1. The lowest BCUT2D eigenvalue weighted by Crippen LogP contribution is -2.41. The van der Waals surface area contributed by atoms with Crippen molar-refractivity contribution in [2.45, 2.75) is 19.3 Å². The number of carbonyl (C=O) groups excluding carboxylic acids is 3. The Kier molecular flexibility index (Phi) is 6.67. The van der Waals surface area contributed by atoms with Gasteiger partial charge in [0.2, 0.25) is 5.91 Å². The van der Waals surface area contributed by atoms with E-state index in [4.69, 9.17) is 0 Å². The third kappa shape index (κ3) is 4.33. The Bertz CT molecular complexity index is 936. The third-order valence-corrected chi connectivity index (χ3v) is 5.31. The molecule has 2 aromatic carbocycles. The van der Waals surface area contributed by atoms with Gasteiger partial charge in [0.15, 0.2) is 0 Å². The van der Waals surface area contributed by atoms with Crippen LogP contribution in [-0.2, 0) is 4.79 Å². The quantitative estimate of drug-likeness (QED) is 0.563. The van der Waals surface area contributed by atoms with Crippen molar-refractivity contribution in [3.63, 3.8) is 0 Å². The number of nitrogens with zero attached hydrogens (tertiary/aromatic N) is 1. The molecule has 0 spiro atoms. The van der Waals surface area contributed by atoms with Gasteiger partial charge in [-0.1, -0.05) is 35.9 Å². The minimum Gasteiger partial charge on any atom is -0.352 e. The van der Waals surface area contributed by atoms with Crippen LogP contribution in [0.4, 0.5) is 0 Å². The summed E-state index contributed by atoms with van der Waals surface area (Å²) in [5.41, 5.74) is 2.34. The van der Waals surface area contributed by atoms with Gasteiger partial charge in [-0.2, -0.15) is 0 Å². The van der Waals surface area contributed by atoms with E-state index >= 15 is 0 Å². The van der Waals surface area contributed by atoms with Crippen molar-refractivity contribution in [3.8, 4) is 0 Å². The molecule has 0 atom stereocenters. The predicted molar refractivity (Wildman–Crippen MR) is 114 cm³/mol. The lowest BCUT2D eigenvalue weighted by atomic mass is 9.94. The van der Waals surface area contributed by atoms with Gasteiger partial charge in [-0.25, -0.2) is 0 Å². The van der Waals surface area contributed by atoms with E-state index in [1.165, 1.54) is 10.5 Å². The molecular formula is C22H24ClN3O3. The number of benzene rings is 2. The summed E-state index contributed by atoms with van der Waals surface area (Å²) in [4.78, 5) is 39.0. The van der Waals surface area contributed by atoms with Crippen LogP contribution < -0.4 is 10.6 Å². The molecule has 0 bridgehead atoms. The molecule has 3 amide bonds. The fourth-order valence-electron chi connectivity index (χ4n) is 3.81. The summed E-state index contributed by atoms with van der Waals surface area (Å²) < 4.78 is 0. The molecule has 0 radical (unpaired) electrons. The lowest BCUT2D eigenvalue weighted by molar-refractivity contribution is -0.121. The molecule has 2 heterocycles. The SMILES string of the molecule is Cl.O=C(CCCN1C(=O)c2cccc3cccc(c23)C1=O)NCC1=CCNCC1. The van der Waals surface area contributed by atoms with Gasteiger partial charge in [0.05, 0.1) is 0 Å². The van der Waals surface area contributed by atoms with Crippen LogP contribution in [0, 0.1) is 0 Å². The average molecular weight is 414 g/mol. The number of nitrogens with one attached hydrogen (secondary N) is 2. The molecule has 0 aromatic heterocycles. The smallest absolute Gasteiger partial charge is 0.261 e. The van der Waals surface area contributed by atoms with Gasteiger partial charge in [0, 0.05) is 42.6 Å². The Labute approximate surface area is 175 Å². The first-order valence-corrected chi connectivity index (χ1v) is 9.68. The van der Waals surface area contributed by atoms with Crippen molar-refractivity contribution < 1.29 is 14.4 Å². The number of imide groups is 1. The maximum absolute atomic E-state index is 12.8. The molecule has 4 rings (SSSR count). The van der Waals surface area contributed by atoms with E-state index in [0.717, 1.165) is 30.3 Å². The Morgan fingerprint density at radius 1 is 1.07 bits per heavy atom. The zero-order chi connectivity index (χ0) is 19.5. The third-order valence-electron chi connectivity index (χ3n) is 5.31. The first-order chi connectivity index (χ1) is 13.6. The van der Waals surface area contributed by atoms with Crippen molar-refractivity contribution in [2.24, 2.45) is 0 Å². The molecule has 2 N–H and O–H groups in total. The molecule has 2 aliphatic rings. The van der Waals surface area contributed by atoms with Gasteiger partial charge in [-0.05, 0) is 36.9 Å². The summed E-state index contributed by atoms with van der Waals surface area (Å²) in [7, 11) is 0. The highest BCUT2D eigenvalue weighted by atomic mass is 35.5. The second-order valence-corrected chi connectivity index (χ2v) is 7.17. The minimum absolute atomic E-state index is 0. The molecule has 152 valence electrons. The van der Waals surface area contributed by atoms with Crippen molar-refractivity contribution in [2.75, 3.05) is 26.2 Å². The minimum atomic E-state index is -0.283. The zero-order valence-corrected chi connectivity index (χ0v) is 16.9. The monoisotopic (exact) mass is 413 g/mol. The highest BCUT2D eigenvalue weighted by Crippen LogP contribution is 2.30. The number of halogens is 1. The topological polar surface area (TPSA) is 78.5 Å². The van der Waals surface area contributed by atoms with Crippen molar-refractivity contribution in [1.82, 2.24) is 15.5 Å². The molecule has 2 aliphatic heterocycles. The normalized spacial score (nSPS) is 15.7. The van der Waals surface area contributed by atoms with Crippen LogP contribution in [0.25, 0.3) is 10.8 Å². The molecule has 0 fully saturated rings. The summed E-state index contributed by atoms with van der Waals surface area (Å²) in [6.07, 6.45) is 3.78. The van der Waals surface area contributed by atoms with E-state index in [0.29, 0.717) is 24.1 Å². The van der Waals surface area contributed by atoms with Gasteiger partial charge in [0.25, 0.3) is 11.8 Å². The van der Waals surface area contributed by atoms with Crippen LogP contribution in [0.3, 0.4) is 0 Å². The Hall–Kier alpha value is -2.70.